The van der Waals surface area contributed by atoms with Crippen molar-refractivity contribution in [3.63, 3.8) is 0 Å². The second-order valence-corrected chi connectivity index (χ2v) is 7.84. The van der Waals surface area contributed by atoms with Crippen LogP contribution in [0.4, 0.5) is 5.69 Å². The maximum absolute atomic E-state index is 13.1. The zero-order valence-corrected chi connectivity index (χ0v) is 15.4. The maximum atomic E-state index is 13.1. The van der Waals surface area contributed by atoms with Gasteiger partial charge in [-0.15, -0.1) is 0 Å². The lowest BCUT2D eigenvalue weighted by molar-refractivity contribution is 0.0735. The van der Waals surface area contributed by atoms with Crippen LogP contribution in [0.15, 0.2) is 21.7 Å². The Bertz CT molecular complexity index is 848. The lowest BCUT2D eigenvalue weighted by Gasteiger charge is -2.31. The Labute approximate surface area is 149 Å². The van der Waals surface area contributed by atoms with Gasteiger partial charge in [-0.3, -0.25) is 9.36 Å². The number of halogens is 1. The smallest absolute Gasteiger partial charge is 0.261 e. The van der Waals surface area contributed by atoms with Crippen molar-refractivity contribution in [2.45, 2.75) is 50.7 Å². The molecule has 0 spiro atoms. The first kappa shape index (κ1) is 16.1. The summed E-state index contributed by atoms with van der Waals surface area (Å²) in [5.74, 6) is 0. The van der Waals surface area contributed by atoms with Crippen LogP contribution >= 0.6 is 15.9 Å². The Morgan fingerprint density at radius 1 is 1.29 bits per heavy atom. The van der Waals surface area contributed by atoms with Crippen LogP contribution in [-0.2, 0) is 6.42 Å². The highest BCUT2D eigenvalue weighted by Crippen LogP contribution is 2.37. The van der Waals surface area contributed by atoms with Gasteiger partial charge in [0.25, 0.3) is 5.56 Å². The van der Waals surface area contributed by atoms with Gasteiger partial charge in [-0.1, -0.05) is 28.8 Å². The minimum atomic E-state index is -0.459. The summed E-state index contributed by atoms with van der Waals surface area (Å²) in [6.45, 7) is 0.977. The lowest BCUT2D eigenvalue weighted by atomic mass is 9.92. The SMILES string of the molecule is CN1CCCc2c(Br)cc3c(=O)n([C@H]4CCCC[C@@H]4O)cnc3c21. The quantitative estimate of drug-likeness (QED) is 0.811. The molecule has 5 nitrogen and oxygen atoms in total. The molecule has 0 saturated heterocycles. The Hall–Kier alpha value is -1.40. The zero-order chi connectivity index (χ0) is 16.8. The number of anilines is 1. The lowest BCUT2D eigenvalue weighted by Crippen LogP contribution is -2.35. The van der Waals surface area contributed by atoms with Crippen LogP contribution in [0.5, 0.6) is 0 Å². The number of nitrogens with zero attached hydrogens (tertiary/aromatic N) is 3. The van der Waals surface area contributed by atoms with E-state index in [1.807, 2.05) is 6.07 Å². The molecule has 128 valence electrons. The molecule has 1 aliphatic carbocycles. The van der Waals surface area contributed by atoms with Gasteiger partial charge >= 0.3 is 0 Å². The first-order valence-corrected chi connectivity index (χ1v) is 9.48. The highest BCUT2D eigenvalue weighted by molar-refractivity contribution is 9.10. The van der Waals surface area contributed by atoms with E-state index in [1.54, 1.807) is 10.9 Å². The maximum Gasteiger partial charge on any atom is 0.261 e. The molecule has 1 saturated carbocycles. The minimum absolute atomic E-state index is 0.0478. The molecule has 1 N–H and O–H groups in total. The minimum Gasteiger partial charge on any atom is -0.391 e. The van der Waals surface area contributed by atoms with Gasteiger partial charge in [0, 0.05) is 18.1 Å². The van der Waals surface area contributed by atoms with Gasteiger partial charge in [0.05, 0.1) is 29.5 Å². The van der Waals surface area contributed by atoms with Gasteiger partial charge in [0.15, 0.2) is 0 Å². The molecule has 4 rings (SSSR count). The molecule has 0 bridgehead atoms. The third kappa shape index (κ3) is 2.47. The van der Waals surface area contributed by atoms with E-state index in [9.17, 15) is 9.90 Å². The van der Waals surface area contributed by atoms with Crippen molar-refractivity contribution >= 4 is 32.5 Å². The second-order valence-electron chi connectivity index (χ2n) is 6.98. The van der Waals surface area contributed by atoms with E-state index >= 15 is 0 Å². The summed E-state index contributed by atoms with van der Waals surface area (Å²) in [6.07, 6.45) is 6.95. The summed E-state index contributed by atoms with van der Waals surface area (Å²) in [5.41, 5.74) is 3.04. The molecular formula is C18H22BrN3O2. The van der Waals surface area contributed by atoms with Crippen LogP contribution < -0.4 is 10.5 Å². The number of fused-ring (bicyclic) bond motifs is 3. The van der Waals surface area contributed by atoms with E-state index in [2.05, 4.69) is 32.9 Å². The highest BCUT2D eigenvalue weighted by Gasteiger charge is 2.27. The first-order valence-electron chi connectivity index (χ1n) is 8.69. The van der Waals surface area contributed by atoms with Gasteiger partial charge in [-0.25, -0.2) is 4.98 Å². The molecule has 2 aromatic rings. The van der Waals surface area contributed by atoms with Gasteiger partial charge < -0.3 is 10.0 Å². The molecule has 0 amide bonds. The van der Waals surface area contributed by atoms with Crippen LogP contribution in [0.2, 0.25) is 0 Å². The number of aromatic nitrogens is 2. The fourth-order valence-electron chi connectivity index (χ4n) is 4.18. The highest BCUT2D eigenvalue weighted by atomic mass is 79.9. The van der Waals surface area contributed by atoms with Crippen molar-refractivity contribution in [2.24, 2.45) is 0 Å². The Kier molecular flexibility index (Phi) is 4.12. The second kappa shape index (κ2) is 6.15. The molecule has 2 atom stereocenters. The Morgan fingerprint density at radius 2 is 2.08 bits per heavy atom. The molecular weight excluding hydrogens is 370 g/mol. The van der Waals surface area contributed by atoms with Gasteiger partial charge in [0.2, 0.25) is 0 Å². The third-order valence-electron chi connectivity index (χ3n) is 5.45. The van der Waals surface area contributed by atoms with Crippen LogP contribution in [0.25, 0.3) is 10.9 Å². The predicted molar refractivity (Wildman–Crippen MR) is 98.8 cm³/mol. The summed E-state index contributed by atoms with van der Waals surface area (Å²) >= 11 is 3.65. The molecule has 1 fully saturated rings. The van der Waals surface area contributed by atoms with Crippen molar-refractivity contribution in [1.82, 2.24) is 9.55 Å². The van der Waals surface area contributed by atoms with E-state index in [0.29, 0.717) is 5.39 Å². The van der Waals surface area contributed by atoms with Crippen molar-refractivity contribution in [3.8, 4) is 0 Å². The number of rotatable bonds is 1. The molecule has 6 heteroatoms. The number of aliphatic hydroxyl groups is 1. The normalized spacial score (nSPS) is 24.2. The molecule has 0 radical (unpaired) electrons. The summed E-state index contributed by atoms with van der Waals surface area (Å²) in [5, 5.41) is 10.9. The van der Waals surface area contributed by atoms with Gasteiger partial charge in [-0.2, -0.15) is 0 Å². The number of hydrogen-bond donors (Lipinski definition) is 1. The molecule has 1 aromatic carbocycles. The number of aliphatic hydroxyl groups excluding tert-OH is 1. The van der Waals surface area contributed by atoms with Crippen LogP contribution in [0, 0.1) is 0 Å². The van der Waals surface area contributed by atoms with Crippen molar-refractivity contribution in [1.29, 1.82) is 0 Å². The third-order valence-corrected chi connectivity index (χ3v) is 6.16. The molecule has 2 heterocycles. The topological polar surface area (TPSA) is 58.4 Å². The standard InChI is InChI=1S/C18H22BrN3O2/c1-21-8-4-5-11-13(19)9-12-16(17(11)21)20-10-22(18(12)24)14-6-2-3-7-15(14)23/h9-10,14-15,23H,2-8H2,1H3/t14-,15-/m0/s1. The first-order chi connectivity index (χ1) is 11.6. The monoisotopic (exact) mass is 391 g/mol. The zero-order valence-electron chi connectivity index (χ0n) is 13.8. The Morgan fingerprint density at radius 3 is 2.88 bits per heavy atom. The van der Waals surface area contributed by atoms with E-state index < -0.39 is 6.10 Å². The average molecular weight is 392 g/mol. The molecule has 1 aliphatic heterocycles. The van der Waals surface area contributed by atoms with Gasteiger partial charge in [-0.05, 0) is 37.3 Å². The largest absolute Gasteiger partial charge is 0.391 e. The fourth-order valence-corrected chi connectivity index (χ4v) is 4.79. The van der Waals surface area contributed by atoms with Crippen LogP contribution in [-0.4, -0.2) is 34.4 Å². The summed E-state index contributed by atoms with van der Waals surface area (Å²) in [7, 11) is 2.06. The van der Waals surface area contributed by atoms with Crippen molar-refractivity contribution in [2.75, 3.05) is 18.5 Å². The van der Waals surface area contributed by atoms with E-state index in [1.165, 1.54) is 5.56 Å². The van der Waals surface area contributed by atoms with Crippen LogP contribution in [0.3, 0.4) is 0 Å². The summed E-state index contributed by atoms with van der Waals surface area (Å²) < 4.78 is 2.63. The predicted octanol–water partition coefficient (Wildman–Crippen LogP) is 3.02. The van der Waals surface area contributed by atoms with Gasteiger partial charge in [0.1, 0.15) is 5.52 Å². The number of benzene rings is 1. The van der Waals surface area contributed by atoms with Crippen molar-refractivity contribution < 1.29 is 5.11 Å². The van der Waals surface area contributed by atoms with E-state index in [-0.39, 0.29) is 11.6 Å². The Balaban J connectivity index is 1.92. The molecule has 0 unspecified atom stereocenters. The van der Waals surface area contributed by atoms with E-state index in [4.69, 9.17) is 0 Å². The molecule has 1 aromatic heterocycles. The molecule has 24 heavy (non-hydrogen) atoms. The van der Waals surface area contributed by atoms with Crippen molar-refractivity contribution in [3.05, 3.63) is 32.8 Å². The summed E-state index contributed by atoms with van der Waals surface area (Å²) in [4.78, 5) is 19.9. The molecule has 2 aliphatic rings. The number of hydrogen-bond acceptors (Lipinski definition) is 4. The van der Waals surface area contributed by atoms with E-state index in [0.717, 1.165) is 60.7 Å². The fraction of sp³-hybridized carbons (Fsp3) is 0.556. The summed E-state index contributed by atoms with van der Waals surface area (Å²) in [6, 6.07) is 1.75. The van der Waals surface area contributed by atoms with Crippen LogP contribution in [0.1, 0.15) is 43.7 Å². The average Bonchev–Trinajstić information content (AvgIpc) is 2.57.